The highest BCUT2D eigenvalue weighted by molar-refractivity contribution is 5.92. The lowest BCUT2D eigenvalue weighted by Crippen LogP contribution is -2.29. The lowest BCUT2D eigenvalue weighted by Gasteiger charge is -2.28. The first kappa shape index (κ1) is 23.2. The fourth-order valence-corrected chi connectivity index (χ4v) is 3.94. The smallest absolute Gasteiger partial charge is 0.338 e. The van der Waals surface area contributed by atoms with Gasteiger partial charge in [0, 0.05) is 11.3 Å². The van der Waals surface area contributed by atoms with E-state index in [-0.39, 0.29) is 6.61 Å². The Bertz CT molecular complexity index is 1220. The first-order valence-electron chi connectivity index (χ1n) is 11.1. The summed E-state index contributed by atoms with van der Waals surface area (Å²) in [5.74, 6) is 2.54. The summed E-state index contributed by atoms with van der Waals surface area (Å²) in [6.45, 7) is 6.39. The second kappa shape index (κ2) is 9.86. The van der Waals surface area contributed by atoms with Crippen molar-refractivity contribution in [3.63, 3.8) is 0 Å². The average Bonchev–Trinajstić information content (AvgIpc) is 3.27. The minimum atomic E-state index is -0.521. The van der Waals surface area contributed by atoms with Crippen LogP contribution in [0.2, 0.25) is 0 Å². The van der Waals surface area contributed by atoms with Gasteiger partial charge in [0.25, 0.3) is 0 Å². The standard InChI is InChI=1S/C25H28N4O5/c1-6-33-18-11-8-16(9-12-18)22-21(24(30)34-7-2)15(3)26-25-27-23(28-29(22)25)17-10-13-19(31-4)20(14-17)32-5/h8-14,22H,6-7H2,1-5H3,(H,26,27,28). The molecule has 3 aromatic rings. The van der Waals surface area contributed by atoms with Crippen LogP contribution in [0.25, 0.3) is 11.4 Å². The van der Waals surface area contributed by atoms with E-state index in [1.807, 2.05) is 50.2 Å². The van der Waals surface area contributed by atoms with Crippen LogP contribution in [0.1, 0.15) is 32.4 Å². The predicted molar refractivity (Wildman–Crippen MR) is 127 cm³/mol. The van der Waals surface area contributed by atoms with Crippen molar-refractivity contribution in [3.8, 4) is 28.6 Å². The van der Waals surface area contributed by atoms with Gasteiger partial charge in [-0.15, -0.1) is 5.10 Å². The maximum atomic E-state index is 13.0. The van der Waals surface area contributed by atoms with Crippen molar-refractivity contribution < 1.29 is 23.7 Å². The molecule has 4 rings (SSSR count). The van der Waals surface area contributed by atoms with Crippen molar-refractivity contribution in [3.05, 3.63) is 59.3 Å². The van der Waals surface area contributed by atoms with Crippen LogP contribution in [0.3, 0.4) is 0 Å². The van der Waals surface area contributed by atoms with Crippen LogP contribution in [0.15, 0.2) is 53.7 Å². The van der Waals surface area contributed by atoms with Crippen LogP contribution in [0, 0.1) is 0 Å². The number of carbonyl (C=O) groups is 1. The molecule has 0 radical (unpaired) electrons. The number of methoxy groups -OCH3 is 2. The Hall–Kier alpha value is -4.01. The van der Waals surface area contributed by atoms with Gasteiger partial charge < -0.3 is 24.3 Å². The molecule has 1 aliphatic heterocycles. The van der Waals surface area contributed by atoms with Gasteiger partial charge in [-0.1, -0.05) is 12.1 Å². The summed E-state index contributed by atoms with van der Waals surface area (Å²) < 4.78 is 23.4. The molecule has 0 amide bonds. The van der Waals surface area contributed by atoms with Crippen LogP contribution in [0.4, 0.5) is 5.95 Å². The quantitative estimate of drug-likeness (QED) is 0.495. The predicted octanol–water partition coefficient (Wildman–Crippen LogP) is 4.21. The number of fused-ring (bicyclic) bond motifs is 1. The molecule has 34 heavy (non-hydrogen) atoms. The van der Waals surface area contributed by atoms with Gasteiger partial charge in [-0.25, -0.2) is 9.48 Å². The zero-order valence-electron chi connectivity index (χ0n) is 19.9. The molecule has 0 fully saturated rings. The fraction of sp³-hybridized carbons (Fsp3) is 0.320. The molecule has 1 aromatic heterocycles. The number of nitrogens with one attached hydrogen (secondary N) is 1. The molecule has 9 nitrogen and oxygen atoms in total. The van der Waals surface area contributed by atoms with E-state index >= 15 is 0 Å². The van der Waals surface area contributed by atoms with Crippen molar-refractivity contribution in [2.75, 3.05) is 32.8 Å². The number of hydrogen-bond acceptors (Lipinski definition) is 8. The van der Waals surface area contributed by atoms with Crippen molar-refractivity contribution in [2.24, 2.45) is 0 Å². The van der Waals surface area contributed by atoms with Crippen LogP contribution in [0.5, 0.6) is 17.2 Å². The first-order valence-corrected chi connectivity index (χ1v) is 11.1. The number of hydrogen-bond donors (Lipinski definition) is 1. The summed E-state index contributed by atoms with van der Waals surface area (Å²) in [5, 5.41) is 7.98. The number of nitrogens with zero attached hydrogens (tertiary/aromatic N) is 3. The first-order chi connectivity index (χ1) is 16.5. The van der Waals surface area contributed by atoms with E-state index < -0.39 is 12.0 Å². The number of esters is 1. The third-order valence-electron chi connectivity index (χ3n) is 5.50. The maximum Gasteiger partial charge on any atom is 0.338 e. The molecule has 1 unspecified atom stereocenters. The molecule has 2 heterocycles. The van der Waals surface area contributed by atoms with E-state index in [1.54, 1.807) is 31.9 Å². The van der Waals surface area contributed by atoms with E-state index in [1.165, 1.54) is 0 Å². The highest BCUT2D eigenvalue weighted by Gasteiger charge is 2.35. The average molecular weight is 465 g/mol. The van der Waals surface area contributed by atoms with Crippen molar-refractivity contribution in [1.29, 1.82) is 0 Å². The Morgan fingerprint density at radius 1 is 1.03 bits per heavy atom. The molecule has 0 spiro atoms. The second-order valence-electron chi connectivity index (χ2n) is 7.56. The minimum absolute atomic E-state index is 0.271. The van der Waals surface area contributed by atoms with Gasteiger partial charge in [-0.05, 0) is 56.7 Å². The number of anilines is 1. The van der Waals surface area contributed by atoms with Gasteiger partial charge in [0.2, 0.25) is 5.95 Å². The number of allylic oxidation sites excluding steroid dienone is 1. The van der Waals surface area contributed by atoms with E-state index in [0.29, 0.717) is 41.1 Å². The Kier molecular flexibility index (Phi) is 6.72. The summed E-state index contributed by atoms with van der Waals surface area (Å²) in [6.07, 6.45) is 0. The monoisotopic (exact) mass is 464 g/mol. The largest absolute Gasteiger partial charge is 0.494 e. The van der Waals surface area contributed by atoms with Crippen molar-refractivity contribution in [1.82, 2.24) is 14.8 Å². The number of benzene rings is 2. The number of ether oxygens (including phenoxy) is 4. The molecule has 1 N–H and O–H groups in total. The molecular weight excluding hydrogens is 436 g/mol. The molecule has 1 atom stereocenters. The van der Waals surface area contributed by atoms with E-state index in [4.69, 9.17) is 29.0 Å². The zero-order chi connectivity index (χ0) is 24.2. The summed E-state index contributed by atoms with van der Waals surface area (Å²) in [6, 6.07) is 12.6. The van der Waals surface area contributed by atoms with Crippen LogP contribution >= 0.6 is 0 Å². The van der Waals surface area contributed by atoms with Gasteiger partial charge in [-0.2, -0.15) is 4.98 Å². The Labute approximate surface area is 198 Å². The lowest BCUT2D eigenvalue weighted by atomic mass is 9.96. The molecule has 2 aromatic carbocycles. The lowest BCUT2D eigenvalue weighted by molar-refractivity contribution is -0.139. The summed E-state index contributed by atoms with van der Waals surface area (Å²) in [7, 11) is 3.16. The van der Waals surface area contributed by atoms with Crippen molar-refractivity contribution in [2.45, 2.75) is 26.8 Å². The van der Waals surface area contributed by atoms with Crippen LogP contribution < -0.4 is 19.5 Å². The highest BCUT2D eigenvalue weighted by atomic mass is 16.5. The van der Waals surface area contributed by atoms with Gasteiger partial charge in [-0.3, -0.25) is 0 Å². The minimum Gasteiger partial charge on any atom is -0.494 e. The summed E-state index contributed by atoms with van der Waals surface area (Å²) in [4.78, 5) is 17.7. The van der Waals surface area contributed by atoms with E-state index in [9.17, 15) is 4.79 Å². The van der Waals surface area contributed by atoms with Gasteiger partial charge in [0.05, 0.1) is 33.0 Å². The molecule has 0 bridgehead atoms. The molecular formula is C25H28N4O5. The Morgan fingerprint density at radius 3 is 2.41 bits per heavy atom. The van der Waals surface area contributed by atoms with Crippen molar-refractivity contribution >= 4 is 11.9 Å². The van der Waals surface area contributed by atoms with Gasteiger partial charge in [0.1, 0.15) is 11.8 Å². The van der Waals surface area contributed by atoms with E-state index in [2.05, 4.69) is 5.32 Å². The number of rotatable bonds is 8. The van der Waals surface area contributed by atoms with Gasteiger partial charge >= 0.3 is 5.97 Å². The molecule has 9 heteroatoms. The number of carbonyl (C=O) groups excluding carboxylic acids is 1. The molecule has 0 aliphatic carbocycles. The third-order valence-corrected chi connectivity index (χ3v) is 5.50. The summed E-state index contributed by atoms with van der Waals surface area (Å²) >= 11 is 0. The normalized spacial score (nSPS) is 14.8. The maximum absolute atomic E-state index is 13.0. The SMILES string of the molecule is CCOC(=O)C1=C(C)Nc2nc(-c3ccc(OC)c(OC)c3)nn2C1c1ccc(OCC)cc1. The molecule has 178 valence electrons. The molecule has 0 saturated heterocycles. The topological polar surface area (TPSA) is 96.7 Å². The number of aromatic nitrogens is 3. The highest BCUT2D eigenvalue weighted by Crippen LogP contribution is 2.38. The molecule has 0 saturated carbocycles. The fourth-order valence-electron chi connectivity index (χ4n) is 3.94. The van der Waals surface area contributed by atoms with Gasteiger partial charge in [0.15, 0.2) is 17.3 Å². The second-order valence-corrected chi connectivity index (χ2v) is 7.56. The zero-order valence-corrected chi connectivity index (χ0v) is 19.9. The Morgan fingerprint density at radius 2 is 1.76 bits per heavy atom. The van der Waals surface area contributed by atoms with Crippen LogP contribution in [-0.2, 0) is 9.53 Å². The summed E-state index contributed by atoms with van der Waals surface area (Å²) in [5.41, 5.74) is 2.75. The molecule has 1 aliphatic rings. The Balaban J connectivity index is 1.81. The van der Waals surface area contributed by atoms with E-state index in [0.717, 1.165) is 16.9 Å². The third kappa shape index (κ3) is 4.28. The van der Waals surface area contributed by atoms with Crippen LogP contribution in [-0.4, -0.2) is 48.2 Å².